The summed E-state index contributed by atoms with van der Waals surface area (Å²) in [5, 5.41) is 11.5. The van der Waals surface area contributed by atoms with E-state index in [1.54, 1.807) is 12.1 Å². The summed E-state index contributed by atoms with van der Waals surface area (Å²) < 4.78 is 12.9. The van der Waals surface area contributed by atoms with Crippen LogP contribution in [-0.4, -0.2) is 23.7 Å². The minimum Gasteiger partial charge on any atom is -0.396 e. The lowest BCUT2D eigenvalue weighted by Crippen LogP contribution is -2.33. The third-order valence-corrected chi connectivity index (χ3v) is 2.46. The summed E-state index contributed by atoms with van der Waals surface area (Å²) in [5.74, 6) is -0.454. The van der Waals surface area contributed by atoms with Gasteiger partial charge in [0.15, 0.2) is 0 Å². The highest BCUT2D eigenvalue weighted by Crippen LogP contribution is 2.04. The maximum atomic E-state index is 12.9. The number of rotatable bonds is 6. The Kier molecular flexibility index (Phi) is 5.63. The SMILES string of the molecule is CC(CCCO)NC(=O)Cc1cccc(F)c1. The quantitative estimate of drug-likeness (QED) is 0.793. The normalized spacial score (nSPS) is 12.2. The van der Waals surface area contributed by atoms with Crippen molar-refractivity contribution in [2.24, 2.45) is 0 Å². The van der Waals surface area contributed by atoms with Gasteiger partial charge in [0, 0.05) is 12.6 Å². The Hall–Kier alpha value is -1.42. The lowest BCUT2D eigenvalue weighted by atomic mass is 10.1. The summed E-state index contributed by atoms with van der Waals surface area (Å²) in [7, 11) is 0. The van der Waals surface area contributed by atoms with Gasteiger partial charge in [-0.25, -0.2) is 4.39 Å². The Morgan fingerprint density at radius 3 is 2.94 bits per heavy atom. The average molecular weight is 239 g/mol. The molecule has 0 saturated carbocycles. The average Bonchev–Trinajstić information content (AvgIpc) is 2.26. The van der Waals surface area contributed by atoms with Gasteiger partial charge in [-0.3, -0.25) is 4.79 Å². The molecule has 1 rings (SSSR count). The van der Waals surface area contributed by atoms with Crippen molar-refractivity contribution in [1.82, 2.24) is 5.32 Å². The third kappa shape index (κ3) is 5.45. The molecule has 0 aliphatic rings. The summed E-state index contributed by atoms with van der Waals surface area (Å²) in [6, 6.07) is 6.06. The van der Waals surface area contributed by atoms with Crippen LogP contribution in [0.4, 0.5) is 4.39 Å². The molecule has 0 aliphatic carbocycles. The van der Waals surface area contributed by atoms with E-state index in [-0.39, 0.29) is 30.8 Å². The van der Waals surface area contributed by atoms with Crippen molar-refractivity contribution in [3.05, 3.63) is 35.6 Å². The Morgan fingerprint density at radius 1 is 1.53 bits per heavy atom. The van der Waals surface area contributed by atoms with Crippen LogP contribution in [0.2, 0.25) is 0 Å². The molecule has 0 heterocycles. The monoisotopic (exact) mass is 239 g/mol. The Labute approximate surface area is 101 Å². The van der Waals surface area contributed by atoms with Gasteiger partial charge in [-0.1, -0.05) is 12.1 Å². The van der Waals surface area contributed by atoms with Crippen LogP contribution in [0.5, 0.6) is 0 Å². The second-order valence-corrected chi connectivity index (χ2v) is 4.14. The standard InChI is InChI=1S/C13H18FNO2/c1-10(4-3-7-16)15-13(17)9-11-5-2-6-12(14)8-11/h2,5-6,8,10,16H,3-4,7,9H2,1H3,(H,15,17). The number of nitrogens with one attached hydrogen (secondary N) is 1. The van der Waals surface area contributed by atoms with E-state index in [1.807, 2.05) is 6.92 Å². The largest absolute Gasteiger partial charge is 0.396 e. The summed E-state index contributed by atoms with van der Waals surface area (Å²) in [6.45, 7) is 2.02. The van der Waals surface area contributed by atoms with Crippen molar-refractivity contribution in [1.29, 1.82) is 0 Å². The van der Waals surface area contributed by atoms with Crippen molar-refractivity contribution >= 4 is 5.91 Å². The van der Waals surface area contributed by atoms with Crippen molar-refractivity contribution < 1.29 is 14.3 Å². The molecule has 17 heavy (non-hydrogen) atoms. The predicted octanol–water partition coefficient (Wildman–Crippen LogP) is 1.65. The molecule has 1 aromatic carbocycles. The molecule has 0 radical (unpaired) electrons. The first-order valence-electron chi connectivity index (χ1n) is 5.76. The summed E-state index contributed by atoms with van der Waals surface area (Å²) in [5.41, 5.74) is 0.664. The molecular weight excluding hydrogens is 221 g/mol. The molecule has 94 valence electrons. The molecular formula is C13H18FNO2. The molecule has 1 aromatic rings. The van der Waals surface area contributed by atoms with Crippen molar-refractivity contribution in [2.75, 3.05) is 6.61 Å². The summed E-state index contributed by atoms with van der Waals surface area (Å²) in [4.78, 5) is 11.6. The molecule has 3 nitrogen and oxygen atoms in total. The van der Waals surface area contributed by atoms with E-state index < -0.39 is 0 Å². The topological polar surface area (TPSA) is 49.3 Å². The fourth-order valence-corrected chi connectivity index (χ4v) is 1.63. The van der Waals surface area contributed by atoms with Gasteiger partial charge in [0.05, 0.1) is 6.42 Å². The number of halogens is 1. The molecule has 2 N–H and O–H groups in total. The first-order chi connectivity index (χ1) is 8.11. The second-order valence-electron chi connectivity index (χ2n) is 4.14. The highest BCUT2D eigenvalue weighted by Gasteiger charge is 2.08. The first kappa shape index (κ1) is 13.6. The number of aliphatic hydroxyl groups is 1. The molecule has 0 bridgehead atoms. The lowest BCUT2D eigenvalue weighted by Gasteiger charge is -2.13. The van der Waals surface area contributed by atoms with Gasteiger partial charge in [-0.2, -0.15) is 0 Å². The number of carbonyl (C=O) groups is 1. The van der Waals surface area contributed by atoms with Gasteiger partial charge >= 0.3 is 0 Å². The van der Waals surface area contributed by atoms with Crippen LogP contribution in [0.1, 0.15) is 25.3 Å². The van der Waals surface area contributed by atoms with Gasteiger partial charge in [0.2, 0.25) is 5.91 Å². The maximum Gasteiger partial charge on any atom is 0.224 e. The first-order valence-corrected chi connectivity index (χ1v) is 5.76. The Balaban J connectivity index is 2.39. The number of benzene rings is 1. The van der Waals surface area contributed by atoms with Crippen molar-refractivity contribution in [3.8, 4) is 0 Å². The number of amides is 1. The second kappa shape index (κ2) is 7.01. The van der Waals surface area contributed by atoms with Crippen LogP contribution in [0.15, 0.2) is 24.3 Å². The zero-order valence-corrected chi connectivity index (χ0v) is 9.95. The zero-order valence-electron chi connectivity index (χ0n) is 9.95. The van der Waals surface area contributed by atoms with Crippen LogP contribution < -0.4 is 5.32 Å². The number of hydrogen-bond donors (Lipinski definition) is 2. The molecule has 1 unspecified atom stereocenters. The minimum atomic E-state index is -0.330. The van der Waals surface area contributed by atoms with Gasteiger partial charge in [0.1, 0.15) is 5.82 Å². The third-order valence-electron chi connectivity index (χ3n) is 2.46. The fourth-order valence-electron chi connectivity index (χ4n) is 1.63. The van der Waals surface area contributed by atoms with E-state index >= 15 is 0 Å². The molecule has 0 aliphatic heterocycles. The molecule has 1 amide bonds. The van der Waals surface area contributed by atoms with Crippen LogP contribution in [0.25, 0.3) is 0 Å². The van der Waals surface area contributed by atoms with E-state index in [1.165, 1.54) is 12.1 Å². The molecule has 0 saturated heterocycles. The zero-order chi connectivity index (χ0) is 12.7. The predicted molar refractivity (Wildman–Crippen MR) is 64.0 cm³/mol. The Bertz CT molecular complexity index is 368. The summed E-state index contributed by atoms with van der Waals surface area (Å²) in [6.07, 6.45) is 1.59. The van der Waals surface area contributed by atoms with Gasteiger partial charge in [-0.05, 0) is 37.5 Å². The van der Waals surface area contributed by atoms with Crippen LogP contribution in [-0.2, 0) is 11.2 Å². The molecule has 0 fully saturated rings. The minimum absolute atomic E-state index is 0.0307. The molecule has 0 spiro atoms. The van der Waals surface area contributed by atoms with Crippen molar-refractivity contribution in [3.63, 3.8) is 0 Å². The molecule has 0 aromatic heterocycles. The fraction of sp³-hybridized carbons (Fsp3) is 0.462. The van der Waals surface area contributed by atoms with E-state index in [4.69, 9.17) is 5.11 Å². The van der Waals surface area contributed by atoms with E-state index in [0.717, 1.165) is 6.42 Å². The number of carbonyl (C=O) groups excluding carboxylic acids is 1. The van der Waals surface area contributed by atoms with Gasteiger partial charge in [-0.15, -0.1) is 0 Å². The molecule has 1 atom stereocenters. The van der Waals surface area contributed by atoms with Crippen LogP contribution in [0.3, 0.4) is 0 Å². The van der Waals surface area contributed by atoms with E-state index in [0.29, 0.717) is 12.0 Å². The van der Waals surface area contributed by atoms with Crippen LogP contribution >= 0.6 is 0 Å². The smallest absolute Gasteiger partial charge is 0.224 e. The maximum absolute atomic E-state index is 12.9. The van der Waals surface area contributed by atoms with E-state index in [2.05, 4.69) is 5.32 Å². The molecule has 4 heteroatoms. The lowest BCUT2D eigenvalue weighted by molar-refractivity contribution is -0.121. The highest BCUT2D eigenvalue weighted by atomic mass is 19.1. The van der Waals surface area contributed by atoms with Gasteiger partial charge < -0.3 is 10.4 Å². The number of aliphatic hydroxyl groups excluding tert-OH is 1. The van der Waals surface area contributed by atoms with Gasteiger partial charge in [0.25, 0.3) is 0 Å². The van der Waals surface area contributed by atoms with Crippen molar-refractivity contribution in [2.45, 2.75) is 32.2 Å². The Morgan fingerprint density at radius 2 is 2.29 bits per heavy atom. The highest BCUT2D eigenvalue weighted by molar-refractivity contribution is 5.78. The number of hydrogen-bond acceptors (Lipinski definition) is 2. The van der Waals surface area contributed by atoms with E-state index in [9.17, 15) is 9.18 Å². The van der Waals surface area contributed by atoms with Crippen LogP contribution in [0, 0.1) is 5.82 Å². The summed E-state index contributed by atoms with van der Waals surface area (Å²) >= 11 is 0.